The number of carbonyl (C=O) groups is 2. The second-order valence-electron chi connectivity index (χ2n) is 4.14. The van der Waals surface area contributed by atoms with E-state index in [-0.39, 0.29) is 24.4 Å². The van der Waals surface area contributed by atoms with Crippen molar-refractivity contribution < 1.29 is 14.7 Å². The van der Waals surface area contributed by atoms with Crippen molar-refractivity contribution in [2.75, 3.05) is 6.54 Å². The Hall–Kier alpha value is -1.10. The zero-order chi connectivity index (χ0) is 11.4. The molecule has 86 valence electrons. The van der Waals surface area contributed by atoms with Gasteiger partial charge in [0.1, 0.15) is 0 Å². The zero-order valence-electron chi connectivity index (χ0n) is 8.98. The van der Waals surface area contributed by atoms with Crippen molar-refractivity contribution in [2.45, 2.75) is 44.7 Å². The van der Waals surface area contributed by atoms with Crippen LogP contribution >= 0.6 is 0 Å². The van der Waals surface area contributed by atoms with Crippen LogP contribution in [0.25, 0.3) is 0 Å². The third kappa shape index (κ3) is 4.29. The number of nitrogens with zero attached hydrogens (tertiary/aromatic N) is 1. The first-order valence-electron chi connectivity index (χ1n) is 5.27. The topological polar surface area (TPSA) is 83.6 Å². The van der Waals surface area contributed by atoms with Gasteiger partial charge in [-0.3, -0.25) is 9.59 Å². The maximum absolute atomic E-state index is 11.7. The molecule has 0 aromatic heterocycles. The molecule has 1 saturated carbocycles. The lowest BCUT2D eigenvalue weighted by Gasteiger charge is -2.22. The van der Waals surface area contributed by atoms with E-state index in [4.69, 9.17) is 10.8 Å². The molecule has 0 aromatic carbocycles. The van der Waals surface area contributed by atoms with Gasteiger partial charge in [0.2, 0.25) is 5.91 Å². The molecule has 0 heterocycles. The summed E-state index contributed by atoms with van der Waals surface area (Å²) in [5.41, 5.74) is 5.54. The van der Waals surface area contributed by atoms with Gasteiger partial charge in [-0.25, -0.2) is 0 Å². The minimum Gasteiger partial charge on any atom is -0.481 e. The molecule has 1 aliphatic carbocycles. The van der Waals surface area contributed by atoms with E-state index in [1.54, 1.807) is 11.8 Å². The third-order valence-corrected chi connectivity index (χ3v) is 2.37. The van der Waals surface area contributed by atoms with Crippen LogP contribution in [0.5, 0.6) is 0 Å². The lowest BCUT2D eigenvalue weighted by atomic mass is 10.2. The van der Waals surface area contributed by atoms with Crippen LogP contribution in [0.1, 0.15) is 32.6 Å². The van der Waals surface area contributed by atoms with Crippen LogP contribution in [0.4, 0.5) is 0 Å². The molecular weight excluding hydrogens is 196 g/mol. The Balaban J connectivity index is 2.42. The van der Waals surface area contributed by atoms with Gasteiger partial charge in [-0.1, -0.05) is 0 Å². The first-order valence-corrected chi connectivity index (χ1v) is 5.27. The summed E-state index contributed by atoms with van der Waals surface area (Å²) in [4.78, 5) is 23.8. The highest BCUT2D eigenvalue weighted by atomic mass is 16.4. The van der Waals surface area contributed by atoms with Crippen LogP contribution in [0, 0.1) is 0 Å². The molecule has 1 amide bonds. The summed E-state index contributed by atoms with van der Waals surface area (Å²) in [5.74, 6) is -0.886. The highest BCUT2D eigenvalue weighted by Crippen LogP contribution is 2.27. The number of nitrogens with two attached hydrogens (primary N) is 1. The normalized spacial score (nSPS) is 17.2. The molecule has 0 spiro atoms. The number of hydrogen-bond acceptors (Lipinski definition) is 3. The minimum absolute atomic E-state index is 0.0151. The van der Waals surface area contributed by atoms with Crippen molar-refractivity contribution in [3.8, 4) is 0 Å². The van der Waals surface area contributed by atoms with Gasteiger partial charge in [-0.15, -0.1) is 0 Å². The quantitative estimate of drug-likeness (QED) is 0.661. The van der Waals surface area contributed by atoms with Crippen LogP contribution < -0.4 is 5.73 Å². The van der Waals surface area contributed by atoms with E-state index in [0.29, 0.717) is 13.0 Å². The van der Waals surface area contributed by atoms with E-state index in [0.717, 1.165) is 12.8 Å². The van der Waals surface area contributed by atoms with Gasteiger partial charge in [0.25, 0.3) is 0 Å². The van der Waals surface area contributed by atoms with Crippen molar-refractivity contribution in [3.63, 3.8) is 0 Å². The highest BCUT2D eigenvalue weighted by molar-refractivity contribution is 5.78. The highest BCUT2D eigenvalue weighted by Gasteiger charge is 2.32. The largest absolute Gasteiger partial charge is 0.481 e. The van der Waals surface area contributed by atoms with E-state index in [2.05, 4.69) is 0 Å². The van der Waals surface area contributed by atoms with E-state index in [1.165, 1.54) is 0 Å². The number of carboxylic acid groups (broad SMARTS) is 1. The summed E-state index contributed by atoms with van der Waals surface area (Å²) in [6.45, 7) is 2.09. The van der Waals surface area contributed by atoms with E-state index in [9.17, 15) is 9.59 Å². The molecule has 0 radical (unpaired) electrons. The Kier molecular flexibility index (Phi) is 4.08. The average Bonchev–Trinajstić information content (AvgIpc) is 2.86. The lowest BCUT2D eigenvalue weighted by molar-refractivity contribution is -0.138. The molecule has 0 aliphatic heterocycles. The van der Waals surface area contributed by atoms with Gasteiger partial charge < -0.3 is 15.7 Å². The average molecular weight is 214 g/mol. The number of hydrogen-bond donors (Lipinski definition) is 2. The number of amides is 1. The maximum Gasteiger partial charge on any atom is 0.305 e. The molecule has 5 nitrogen and oxygen atoms in total. The fourth-order valence-electron chi connectivity index (χ4n) is 1.51. The van der Waals surface area contributed by atoms with Crippen molar-refractivity contribution in [3.05, 3.63) is 0 Å². The van der Waals surface area contributed by atoms with Crippen LogP contribution in [0.15, 0.2) is 0 Å². The van der Waals surface area contributed by atoms with Crippen LogP contribution in [-0.2, 0) is 9.59 Å². The summed E-state index contributed by atoms with van der Waals surface area (Å²) in [6.07, 6.45) is 2.30. The SMILES string of the molecule is CC(N)CC(=O)N(CCC(=O)O)C1CC1. The first kappa shape index (κ1) is 12.0. The van der Waals surface area contributed by atoms with Gasteiger partial charge in [0.05, 0.1) is 6.42 Å². The molecule has 1 aliphatic rings. The summed E-state index contributed by atoms with van der Waals surface area (Å²) in [7, 11) is 0. The van der Waals surface area contributed by atoms with E-state index >= 15 is 0 Å². The fourth-order valence-corrected chi connectivity index (χ4v) is 1.51. The Morgan fingerprint density at radius 2 is 2.13 bits per heavy atom. The lowest BCUT2D eigenvalue weighted by Crippen LogP contribution is -2.37. The van der Waals surface area contributed by atoms with Crippen molar-refractivity contribution in [2.24, 2.45) is 5.73 Å². The summed E-state index contributed by atoms with van der Waals surface area (Å²) in [5, 5.41) is 8.57. The molecule has 0 bridgehead atoms. The van der Waals surface area contributed by atoms with Gasteiger partial charge in [-0.2, -0.15) is 0 Å². The minimum atomic E-state index is -0.866. The molecule has 1 unspecified atom stereocenters. The second kappa shape index (κ2) is 5.11. The van der Waals surface area contributed by atoms with Crippen LogP contribution in [0.2, 0.25) is 0 Å². The smallest absolute Gasteiger partial charge is 0.305 e. The molecule has 5 heteroatoms. The van der Waals surface area contributed by atoms with Crippen LogP contribution in [-0.4, -0.2) is 40.5 Å². The van der Waals surface area contributed by atoms with E-state index in [1.807, 2.05) is 0 Å². The molecule has 1 fully saturated rings. The molecule has 1 rings (SSSR count). The number of aliphatic carboxylic acids is 1. The van der Waals surface area contributed by atoms with Gasteiger partial charge in [0.15, 0.2) is 0 Å². The predicted octanol–water partition coefficient (Wildman–Crippen LogP) is 0.189. The molecular formula is C10H18N2O3. The molecule has 15 heavy (non-hydrogen) atoms. The van der Waals surface area contributed by atoms with Gasteiger partial charge in [-0.05, 0) is 19.8 Å². The summed E-state index contributed by atoms with van der Waals surface area (Å²) < 4.78 is 0. The third-order valence-electron chi connectivity index (χ3n) is 2.37. The number of rotatable bonds is 6. The number of carboxylic acids is 1. The van der Waals surface area contributed by atoms with Crippen molar-refractivity contribution in [1.82, 2.24) is 4.90 Å². The Labute approximate surface area is 89.2 Å². The molecule has 0 saturated heterocycles. The van der Waals surface area contributed by atoms with E-state index < -0.39 is 5.97 Å². The second-order valence-corrected chi connectivity index (χ2v) is 4.14. The maximum atomic E-state index is 11.7. The Morgan fingerprint density at radius 1 is 1.53 bits per heavy atom. The van der Waals surface area contributed by atoms with Crippen molar-refractivity contribution in [1.29, 1.82) is 0 Å². The fraction of sp³-hybridized carbons (Fsp3) is 0.800. The first-order chi connectivity index (χ1) is 7.00. The summed E-state index contributed by atoms with van der Waals surface area (Å²) in [6, 6.07) is 0.0965. The Morgan fingerprint density at radius 3 is 2.53 bits per heavy atom. The van der Waals surface area contributed by atoms with Gasteiger partial charge in [0, 0.05) is 25.0 Å². The Bertz CT molecular complexity index is 249. The van der Waals surface area contributed by atoms with Crippen LogP contribution in [0.3, 0.4) is 0 Å². The standard InChI is InChI=1S/C10H18N2O3/c1-7(11)6-9(13)12(8-2-3-8)5-4-10(14)15/h7-8H,2-6,11H2,1H3,(H,14,15). The molecule has 1 atom stereocenters. The summed E-state index contributed by atoms with van der Waals surface area (Å²) >= 11 is 0. The monoisotopic (exact) mass is 214 g/mol. The van der Waals surface area contributed by atoms with Gasteiger partial charge >= 0.3 is 5.97 Å². The molecule has 0 aromatic rings. The predicted molar refractivity (Wildman–Crippen MR) is 55.3 cm³/mol. The van der Waals surface area contributed by atoms with Crippen molar-refractivity contribution >= 4 is 11.9 Å². The molecule has 3 N–H and O–H groups in total. The zero-order valence-corrected chi connectivity index (χ0v) is 8.98. The number of carbonyl (C=O) groups excluding carboxylic acids is 1.